The average molecular weight is 735 g/mol. The van der Waals surface area contributed by atoms with E-state index in [4.69, 9.17) is 19.1 Å². The highest BCUT2D eigenvalue weighted by Gasteiger charge is 2.27. The van der Waals surface area contributed by atoms with Gasteiger partial charge in [-0.1, -0.05) is 148 Å². The number of carbonyl (C=O) groups is 2. The number of unbranched alkanes of at least 4 members (excludes halogenated alkanes) is 22. The maximum absolute atomic E-state index is 12.6. The molecule has 0 fully saturated rings. The zero-order valence-electron chi connectivity index (χ0n) is 31.9. The Bertz CT molecular complexity index is 853. The largest absolute Gasteiger partial charge is 0.472 e. The zero-order valence-corrected chi connectivity index (χ0v) is 32.8. The van der Waals surface area contributed by atoms with E-state index in [0.717, 1.165) is 57.8 Å². The van der Waals surface area contributed by atoms with Crippen molar-refractivity contribution in [1.82, 2.24) is 0 Å². The van der Waals surface area contributed by atoms with E-state index >= 15 is 0 Å². The van der Waals surface area contributed by atoms with Gasteiger partial charge in [-0.2, -0.15) is 0 Å². The van der Waals surface area contributed by atoms with E-state index in [9.17, 15) is 24.2 Å². The van der Waals surface area contributed by atoms with E-state index in [1.165, 1.54) is 89.9 Å². The normalized spacial score (nSPS) is 14.1. The number of phosphoric ester groups is 1. The zero-order chi connectivity index (χ0) is 37.0. The minimum atomic E-state index is -4.61. The van der Waals surface area contributed by atoms with Crippen molar-refractivity contribution in [3.8, 4) is 0 Å². The van der Waals surface area contributed by atoms with Crippen LogP contribution < -0.4 is 0 Å². The van der Waals surface area contributed by atoms with E-state index < -0.39 is 51.8 Å². The van der Waals surface area contributed by atoms with Crippen molar-refractivity contribution in [2.45, 2.75) is 199 Å². The Kier molecular flexibility index (Phi) is 35.2. The monoisotopic (exact) mass is 735 g/mol. The smallest absolute Gasteiger partial charge is 0.462 e. The number of hydrogen-bond acceptors (Lipinski definition) is 9. The average Bonchev–Trinajstić information content (AvgIpc) is 3.10. The fourth-order valence-electron chi connectivity index (χ4n) is 5.52. The lowest BCUT2D eigenvalue weighted by atomic mass is 10.1. The Balaban J connectivity index is 4.33. The van der Waals surface area contributed by atoms with Crippen LogP contribution in [0, 0.1) is 0 Å². The Labute approximate surface area is 305 Å². The molecule has 0 amide bonds. The number of aliphatic hydroxyl groups excluding tert-OH is 2. The maximum atomic E-state index is 12.6. The van der Waals surface area contributed by atoms with Gasteiger partial charge in [0, 0.05) is 12.8 Å². The van der Waals surface area contributed by atoms with Crippen LogP contribution in [0.4, 0.5) is 0 Å². The first-order valence-electron chi connectivity index (χ1n) is 20.1. The predicted molar refractivity (Wildman–Crippen MR) is 201 cm³/mol. The van der Waals surface area contributed by atoms with Gasteiger partial charge in [-0.15, -0.1) is 0 Å². The molecular formula is C39H75O10P. The minimum Gasteiger partial charge on any atom is -0.462 e. The van der Waals surface area contributed by atoms with Gasteiger partial charge >= 0.3 is 19.8 Å². The van der Waals surface area contributed by atoms with Crippen LogP contribution in [0.5, 0.6) is 0 Å². The SMILES string of the molecule is CCCCCCCCC/C=C\CCCCCCCC(=O)O[C@H](COC(=O)CCCCCCCCCCCCC)COP(=O)(O)OC[C@@H](O)CO. The van der Waals surface area contributed by atoms with Crippen molar-refractivity contribution >= 4 is 19.8 Å². The second-order valence-corrected chi connectivity index (χ2v) is 15.1. The van der Waals surface area contributed by atoms with E-state index in [1.807, 2.05) is 0 Å². The van der Waals surface area contributed by atoms with E-state index in [-0.39, 0.29) is 19.4 Å². The van der Waals surface area contributed by atoms with Gasteiger partial charge in [0.15, 0.2) is 6.10 Å². The molecule has 0 aliphatic carbocycles. The number of allylic oxidation sites excluding steroid dienone is 2. The molecule has 10 nitrogen and oxygen atoms in total. The van der Waals surface area contributed by atoms with Crippen LogP contribution in [0.1, 0.15) is 187 Å². The number of hydrogen-bond donors (Lipinski definition) is 3. The lowest BCUT2D eigenvalue weighted by Crippen LogP contribution is -2.29. The Morgan fingerprint density at radius 1 is 0.580 bits per heavy atom. The molecule has 50 heavy (non-hydrogen) atoms. The number of phosphoric acid groups is 1. The number of esters is 2. The van der Waals surface area contributed by atoms with Gasteiger partial charge < -0.3 is 24.6 Å². The topological polar surface area (TPSA) is 149 Å². The molecule has 11 heteroatoms. The van der Waals surface area contributed by atoms with Crippen LogP contribution >= 0.6 is 7.82 Å². The van der Waals surface area contributed by atoms with Crippen molar-refractivity contribution in [3.05, 3.63) is 12.2 Å². The summed E-state index contributed by atoms with van der Waals surface area (Å²) in [6.07, 6.45) is 31.8. The molecule has 3 atom stereocenters. The van der Waals surface area contributed by atoms with Crippen LogP contribution in [-0.4, -0.2) is 65.7 Å². The first-order chi connectivity index (χ1) is 24.2. The van der Waals surface area contributed by atoms with Crippen LogP contribution in [0.15, 0.2) is 12.2 Å². The molecule has 0 heterocycles. The second kappa shape index (κ2) is 36.1. The van der Waals surface area contributed by atoms with E-state index in [1.54, 1.807) is 0 Å². The molecule has 0 spiro atoms. The molecule has 1 unspecified atom stereocenters. The predicted octanol–water partition coefficient (Wildman–Crippen LogP) is 10.1. The number of carbonyl (C=O) groups excluding carboxylic acids is 2. The van der Waals surface area contributed by atoms with E-state index in [0.29, 0.717) is 12.8 Å². The molecular weight excluding hydrogens is 659 g/mol. The number of aliphatic hydroxyl groups is 2. The van der Waals surface area contributed by atoms with Crippen LogP contribution in [0.25, 0.3) is 0 Å². The van der Waals surface area contributed by atoms with Crippen LogP contribution in [0.3, 0.4) is 0 Å². The third kappa shape index (κ3) is 35.1. The van der Waals surface area contributed by atoms with Gasteiger partial charge in [0.1, 0.15) is 12.7 Å². The summed E-state index contributed by atoms with van der Waals surface area (Å²) in [5.41, 5.74) is 0. The molecule has 0 saturated carbocycles. The summed E-state index contributed by atoms with van der Waals surface area (Å²) in [7, 11) is -4.61. The van der Waals surface area contributed by atoms with E-state index in [2.05, 4.69) is 30.5 Å². The fraction of sp³-hybridized carbons (Fsp3) is 0.897. The minimum absolute atomic E-state index is 0.178. The van der Waals surface area contributed by atoms with Gasteiger partial charge in [-0.05, 0) is 38.5 Å². The van der Waals surface area contributed by atoms with Gasteiger partial charge in [-0.25, -0.2) is 4.57 Å². The highest BCUT2D eigenvalue weighted by molar-refractivity contribution is 7.47. The van der Waals surface area contributed by atoms with Gasteiger partial charge in [0.25, 0.3) is 0 Å². The molecule has 3 N–H and O–H groups in total. The molecule has 296 valence electrons. The third-order valence-electron chi connectivity index (χ3n) is 8.67. The first-order valence-corrected chi connectivity index (χ1v) is 21.6. The van der Waals surface area contributed by atoms with Gasteiger partial charge in [0.05, 0.1) is 19.8 Å². The maximum Gasteiger partial charge on any atom is 0.472 e. The summed E-state index contributed by atoms with van der Waals surface area (Å²) < 4.78 is 32.6. The van der Waals surface area contributed by atoms with Gasteiger partial charge in [-0.3, -0.25) is 18.6 Å². The van der Waals surface area contributed by atoms with Crippen LogP contribution in [-0.2, 0) is 32.7 Å². The summed E-state index contributed by atoms with van der Waals surface area (Å²) in [6, 6.07) is 0. The first kappa shape index (κ1) is 48.7. The second-order valence-electron chi connectivity index (χ2n) is 13.7. The molecule has 0 aliphatic rings. The Hall–Kier alpha value is -1.29. The summed E-state index contributed by atoms with van der Waals surface area (Å²) in [6.45, 7) is 2.36. The summed E-state index contributed by atoms with van der Waals surface area (Å²) in [4.78, 5) is 34.8. The molecule has 0 radical (unpaired) electrons. The summed E-state index contributed by atoms with van der Waals surface area (Å²) in [5.74, 6) is -0.929. The van der Waals surface area contributed by atoms with Crippen molar-refractivity contribution in [2.75, 3.05) is 26.4 Å². The molecule has 0 rings (SSSR count). The molecule has 0 aliphatic heterocycles. The molecule has 0 aromatic heterocycles. The summed E-state index contributed by atoms with van der Waals surface area (Å²) in [5, 5.41) is 18.3. The Morgan fingerprint density at radius 2 is 0.980 bits per heavy atom. The molecule has 0 saturated heterocycles. The van der Waals surface area contributed by atoms with Gasteiger partial charge in [0.2, 0.25) is 0 Å². The lowest BCUT2D eigenvalue weighted by molar-refractivity contribution is -0.161. The number of rotatable bonds is 38. The third-order valence-corrected chi connectivity index (χ3v) is 9.62. The number of ether oxygens (including phenoxy) is 2. The highest BCUT2D eigenvalue weighted by atomic mass is 31.2. The van der Waals surface area contributed by atoms with Crippen molar-refractivity contribution < 1.29 is 47.8 Å². The Morgan fingerprint density at radius 3 is 1.44 bits per heavy atom. The molecule has 0 aromatic carbocycles. The molecule has 0 bridgehead atoms. The molecule has 0 aromatic rings. The lowest BCUT2D eigenvalue weighted by Gasteiger charge is -2.20. The summed E-state index contributed by atoms with van der Waals surface area (Å²) >= 11 is 0. The van der Waals surface area contributed by atoms with Crippen molar-refractivity contribution in [1.29, 1.82) is 0 Å². The quantitative estimate of drug-likeness (QED) is 0.0242. The highest BCUT2D eigenvalue weighted by Crippen LogP contribution is 2.43. The van der Waals surface area contributed by atoms with Crippen LogP contribution in [0.2, 0.25) is 0 Å². The van der Waals surface area contributed by atoms with Crippen molar-refractivity contribution in [3.63, 3.8) is 0 Å². The standard InChI is InChI=1S/C39H75O10P/c1-3-5-7-9-11-13-15-16-17-18-19-21-23-25-27-29-31-39(43)49-37(35-48-50(44,45)47-33-36(41)32-40)34-46-38(42)30-28-26-24-22-20-14-12-10-8-6-4-2/h17-18,36-37,40-41H,3-16,19-35H2,1-2H3,(H,44,45)/b18-17-/t36-,37+/m0/s1. The van der Waals surface area contributed by atoms with Crippen molar-refractivity contribution in [2.24, 2.45) is 0 Å². The fourth-order valence-corrected chi connectivity index (χ4v) is 6.31.